The first-order valence-electron chi connectivity index (χ1n) is 6.08. The van der Waals surface area contributed by atoms with Gasteiger partial charge in [-0.05, 0) is 0 Å². The van der Waals surface area contributed by atoms with Gasteiger partial charge in [0.05, 0.1) is 0 Å². The Hall–Kier alpha value is 0.560. The number of allylic oxidation sites excluding steroid dienone is 8. The zero-order valence-corrected chi connectivity index (χ0v) is 15.7. The molecule has 1 N–H and O–H groups in total. The van der Waals surface area contributed by atoms with Gasteiger partial charge in [0.1, 0.15) is 0 Å². The summed E-state index contributed by atoms with van der Waals surface area (Å²) in [4.78, 5) is 0. The van der Waals surface area contributed by atoms with Crippen molar-refractivity contribution < 1.29 is 57.6 Å². The van der Waals surface area contributed by atoms with Crippen LogP contribution in [0.3, 0.4) is 0 Å². The van der Waals surface area contributed by atoms with Crippen molar-refractivity contribution in [1.82, 2.24) is 0 Å². The summed E-state index contributed by atoms with van der Waals surface area (Å²) in [6.45, 7) is 2.90. The van der Waals surface area contributed by atoms with E-state index in [2.05, 4.69) is 30.9 Å². The van der Waals surface area contributed by atoms with E-state index >= 15 is 0 Å². The van der Waals surface area contributed by atoms with Crippen molar-refractivity contribution in [3.63, 3.8) is 0 Å². The molecule has 0 saturated carbocycles. The molecule has 0 amide bonds. The zero-order valence-electron chi connectivity index (χ0n) is 10.7. The van der Waals surface area contributed by atoms with Crippen molar-refractivity contribution in [2.45, 2.75) is 19.4 Å². The largest absolute Gasteiger partial charge is 1.00 e. The van der Waals surface area contributed by atoms with Gasteiger partial charge in [0.15, 0.2) is 0 Å². The van der Waals surface area contributed by atoms with Gasteiger partial charge in [0.2, 0.25) is 0 Å². The SMILES string of the molecule is C[Si]1(OCCO)C2=[C](CC=C2)[Zr+2][C]2=C1C=CC2.[Cl-].[Cl-]. The number of aliphatic hydroxyl groups excluding tert-OH is 1. The molecular weight excluding hydrogens is 378 g/mol. The van der Waals surface area contributed by atoms with Crippen LogP contribution in [0.2, 0.25) is 6.55 Å². The number of rotatable bonds is 3. The smallest absolute Gasteiger partial charge is 1.00 e. The second-order valence-electron chi connectivity index (χ2n) is 4.73. The van der Waals surface area contributed by atoms with Gasteiger partial charge < -0.3 is 24.8 Å². The molecule has 0 unspecified atom stereocenters. The van der Waals surface area contributed by atoms with Crippen molar-refractivity contribution in [2.75, 3.05) is 13.2 Å². The molecule has 1 aliphatic heterocycles. The monoisotopic (exact) mass is 392 g/mol. The molecule has 1 heterocycles. The maximum Gasteiger partial charge on any atom is -1.00 e. The van der Waals surface area contributed by atoms with Crippen LogP contribution in [0.25, 0.3) is 0 Å². The quantitative estimate of drug-likeness (QED) is 0.498. The van der Waals surface area contributed by atoms with Crippen molar-refractivity contribution >= 4 is 8.32 Å². The van der Waals surface area contributed by atoms with E-state index in [1.165, 1.54) is 23.2 Å². The number of aliphatic hydroxyl groups is 1. The summed E-state index contributed by atoms with van der Waals surface area (Å²) in [5.41, 5.74) is 0. The Balaban J connectivity index is 0.000000902. The first-order chi connectivity index (χ1) is 8.25. The first kappa shape index (κ1) is 17.6. The van der Waals surface area contributed by atoms with E-state index in [1.54, 1.807) is 6.56 Å². The third-order valence-electron chi connectivity index (χ3n) is 3.67. The molecule has 0 saturated heterocycles. The van der Waals surface area contributed by atoms with Gasteiger partial charge in [-0.15, -0.1) is 0 Å². The molecule has 0 radical (unpaired) electrons. The Morgan fingerprint density at radius 1 is 1.16 bits per heavy atom. The average Bonchev–Trinajstić information content (AvgIpc) is 2.95. The Bertz CT molecular complexity index is 447. The van der Waals surface area contributed by atoms with Gasteiger partial charge >= 0.3 is 115 Å². The molecule has 0 aromatic heterocycles. The molecule has 3 rings (SSSR count). The van der Waals surface area contributed by atoms with Crippen LogP contribution >= 0.6 is 0 Å². The molecule has 0 aromatic rings. The Morgan fingerprint density at radius 3 is 2.16 bits per heavy atom. The predicted octanol–water partition coefficient (Wildman–Crippen LogP) is -3.82. The fourth-order valence-electron chi connectivity index (χ4n) is 2.87. The molecule has 19 heavy (non-hydrogen) atoms. The van der Waals surface area contributed by atoms with Crippen molar-refractivity contribution in [1.29, 1.82) is 0 Å². The molecule has 0 fully saturated rings. The van der Waals surface area contributed by atoms with E-state index in [4.69, 9.17) is 9.53 Å². The molecule has 2 nitrogen and oxygen atoms in total. The normalized spacial score (nSPS) is 21.2. The van der Waals surface area contributed by atoms with Crippen LogP contribution in [0.4, 0.5) is 0 Å². The van der Waals surface area contributed by atoms with Crippen molar-refractivity contribution in [2.24, 2.45) is 0 Å². The van der Waals surface area contributed by atoms with Crippen LogP contribution in [0.1, 0.15) is 12.8 Å². The standard InChI is InChI=1S/C13H16O2Si.2ClH.Zr/c1-16(15-11-10-14,12-6-2-3-7-12)13-8-4-5-9-13;;;/h2,4,6,8,14H,3,5,10-11H2,1H3;2*1H;/q;;;+2/p-2. The van der Waals surface area contributed by atoms with E-state index in [0.29, 0.717) is 6.61 Å². The van der Waals surface area contributed by atoms with Gasteiger partial charge in [0.25, 0.3) is 0 Å². The number of hydrogen-bond donors (Lipinski definition) is 1. The maximum absolute atomic E-state index is 9.03. The van der Waals surface area contributed by atoms with E-state index in [9.17, 15) is 0 Å². The van der Waals surface area contributed by atoms with Crippen LogP contribution in [-0.4, -0.2) is 26.6 Å². The van der Waals surface area contributed by atoms with Crippen LogP contribution in [0.5, 0.6) is 0 Å². The number of hydrogen-bond acceptors (Lipinski definition) is 2. The second-order valence-corrected chi connectivity index (χ2v) is 11.7. The van der Waals surface area contributed by atoms with Gasteiger partial charge in [-0.1, -0.05) is 0 Å². The van der Waals surface area contributed by atoms with Crippen LogP contribution < -0.4 is 24.8 Å². The Morgan fingerprint density at radius 2 is 1.68 bits per heavy atom. The summed E-state index contributed by atoms with van der Waals surface area (Å²) in [5.74, 6) is 0. The molecule has 0 atom stereocenters. The molecular formula is C13H16Cl2O2SiZr. The van der Waals surface area contributed by atoms with Crippen LogP contribution in [0.15, 0.2) is 41.3 Å². The summed E-state index contributed by atoms with van der Waals surface area (Å²) in [6, 6.07) is 0. The molecule has 102 valence electrons. The molecule has 0 spiro atoms. The van der Waals surface area contributed by atoms with Gasteiger partial charge in [-0.3, -0.25) is 0 Å². The summed E-state index contributed by atoms with van der Waals surface area (Å²) in [7, 11) is -1.95. The second kappa shape index (κ2) is 7.02. The zero-order chi connectivity index (χ0) is 11.9. The first-order valence-corrected chi connectivity index (χ1v) is 10.9. The topological polar surface area (TPSA) is 29.5 Å². The summed E-state index contributed by atoms with van der Waals surface area (Å²) >= 11 is -0.498. The minimum Gasteiger partial charge on any atom is -1.00 e. The van der Waals surface area contributed by atoms with E-state index in [0.717, 1.165) is 0 Å². The minimum absolute atomic E-state index is 0. The molecule has 2 aliphatic carbocycles. The minimum atomic E-state index is -1.95. The van der Waals surface area contributed by atoms with Crippen molar-refractivity contribution in [3.05, 3.63) is 41.3 Å². The molecule has 3 aliphatic rings. The fourth-order valence-corrected chi connectivity index (χ4v) is 13.5. The van der Waals surface area contributed by atoms with E-state index in [-0.39, 0.29) is 31.4 Å². The van der Waals surface area contributed by atoms with Crippen molar-refractivity contribution in [3.8, 4) is 0 Å². The third-order valence-corrected chi connectivity index (χ3v) is 12.5. The van der Waals surface area contributed by atoms with Crippen LogP contribution in [0, 0.1) is 0 Å². The van der Waals surface area contributed by atoms with E-state index in [1.807, 2.05) is 0 Å². The fraction of sp³-hybridized carbons (Fsp3) is 0.385. The summed E-state index contributed by atoms with van der Waals surface area (Å²) in [6.07, 6.45) is 11.5. The summed E-state index contributed by atoms with van der Waals surface area (Å²) in [5, 5.41) is 12.1. The maximum atomic E-state index is 9.03. The Kier molecular flexibility index (Phi) is 6.50. The molecule has 0 aromatic carbocycles. The number of halogens is 2. The van der Waals surface area contributed by atoms with Gasteiger partial charge in [-0.2, -0.15) is 0 Å². The average molecular weight is 394 g/mol. The van der Waals surface area contributed by atoms with Crippen LogP contribution in [-0.2, 0) is 27.7 Å². The van der Waals surface area contributed by atoms with Gasteiger partial charge in [-0.25, -0.2) is 0 Å². The third kappa shape index (κ3) is 2.95. The summed E-state index contributed by atoms with van der Waals surface area (Å²) < 4.78 is 9.60. The molecule has 0 bridgehead atoms. The predicted molar refractivity (Wildman–Crippen MR) is 66.2 cm³/mol. The van der Waals surface area contributed by atoms with Gasteiger partial charge in [0, 0.05) is 0 Å². The Labute approximate surface area is 139 Å². The van der Waals surface area contributed by atoms with E-state index < -0.39 is 31.6 Å². The molecule has 6 heteroatoms.